The van der Waals surface area contributed by atoms with Crippen molar-refractivity contribution >= 4 is 35.3 Å². The van der Waals surface area contributed by atoms with Crippen molar-refractivity contribution < 1.29 is 53.3 Å². The second-order valence-electron chi connectivity index (χ2n) is 20.4. The number of carbonyl (C=O) groups excluding carboxylic acids is 4. The number of carbonyl (C=O) groups is 4. The summed E-state index contributed by atoms with van der Waals surface area (Å²) >= 11 is 0. The minimum Gasteiger partial charge on any atom is -0.508 e. The number of anilines is 1. The SMILES string of the molecule is COc1cc2c(cc1OC)CN(C(=O)[C@@H]1[C@H]3C(=O)O[C@H](c4ccccc4)[C@H](c4ccccc4)N3[C@H](c3ccc(O)cc3)[C@@]13C(=O)N(C(=O)OCc1ccc([N+](=O)[O-])cc1)c1ccc(C#CC4(O)CCCCCC4)cc13)CC2. The van der Waals surface area contributed by atoms with Gasteiger partial charge in [-0.1, -0.05) is 97.5 Å². The fourth-order valence-corrected chi connectivity index (χ4v) is 12.4. The van der Waals surface area contributed by atoms with Crippen LogP contribution in [0.25, 0.3) is 0 Å². The van der Waals surface area contributed by atoms with Crippen molar-refractivity contribution in [3.63, 3.8) is 0 Å². The van der Waals surface area contributed by atoms with Crippen LogP contribution in [0.4, 0.5) is 16.2 Å². The summed E-state index contributed by atoms with van der Waals surface area (Å²) in [5.41, 5.74) is 0.956. The van der Waals surface area contributed by atoms with Gasteiger partial charge in [0.1, 0.15) is 35.5 Å². The van der Waals surface area contributed by atoms with Crippen LogP contribution >= 0.6 is 0 Å². The lowest BCUT2D eigenvalue weighted by Crippen LogP contribution is -2.57. The van der Waals surface area contributed by atoms with Gasteiger partial charge in [0.15, 0.2) is 11.5 Å². The van der Waals surface area contributed by atoms with Crippen LogP contribution in [0.2, 0.25) is 0 Å². The Labute approximate surface area is 444 Å². The number of fused-ring (bicyclic) bond motifs is 4. The van der Waals surface area contributed by atoms with Crippen LogP contribution in [0.5, 0.6) is 17.2 Å². The molecule has 1 aliphatic carbocycles. The number of imide groups is 1. The summed E-state index contributed by atoms with van der Waals surface area (Å²) in [6.45, 7) is -0.139. The number of morpholine rings is 1. The van der Waals surface area contributed by atoms with E-state index in [0.717, 1.165) is 41.7 Å². The summed E-state index contributed by atoms with van der Waals surface area (Å²) in [6, 6.07) is 35.5. The fourth-order valence-electron chi connectivity index (χ4n) is 12.4. The average Bonchev–Trinajstić information content (AvgIpc) is 3.18. The van der Waals surface area contributed by atoms with Crippen molar-refractivity contribution in [2.75, 3.05) is 25.7 Å². The Morgan fingerprint density at radius 3 is 2.08 bits per heavy atom. The first-order valence-electron chi connectivity index (χ1n) is 25.9. The Kier molecular flexibility index (Phi) is 13.5. The Bertz CT molecular complexity index is 3330. The number of aromatic hydroxyl groups is 1. The highest BCUT2D eigenvalue weighted by Gasteiger charge is 2.76. The molecule has 2 N–H and O–H groups in total. The van der Waals surface area contributed by atoms with E-state index in [4.69, 9.17) is 18.9 Å². The van der Waals surface area contributed by atoms with Gasteiger partial charge in [0.2, 0.25) is 11.8 Å². The van der Waals surface area contributed by atoms with E-state index in [1.54, 1.807) is 42.3 Å². The van der Waals surface area contributed by atoms with Crippen molar-refractivity contribution in [2.45, 2.75) is 93.3 Å². The predicted octanol–water partition coefficient (Wildman–Crippen LogP) is 9.34. The van der Waals surface area contributed by atoms with Crippen LogP contribution < -0.4 is 14.4 Å². The third kappa shape index (κ3) is 8.98. The van der Waals surface area contributed by atoms with Gasteiger partial charge in [-0.2, -0.15) is 0 Å². The molecule has 3 amide bonds. The lowest BCUT2D eigenvalue weighted by Gasteiger charge is -2.46. The smallest absolute Gasteiger partial charge is 0.421 e. The van der Waals surface area contributed by atoms with E-state index in [2.05, 4.69) is 11.8 Å². The molecule has 3 fully saturated rings. The second-order valence-corrected chi connectivity index (χ2v) is 20.4. The number of rotatable bonds is 9. The predicted molar refractivity (Wildman–Crippen MR) is 282 cm³/mol. The molecule has 16 nitrogen and oxygen atoms in total. The third-order valence-electron chi connectivity index (χ3n) is 16.0. The molecule has 0 bridgehead atoms. The highest BCUT2D eigenvalue weighted by atomic mass is 16.6. The number of amides is 3. The van der Waals surface area contributed by atoms with Gasteiger partial charge in [0.25, 0.3) is 5.69 Å². The van der Waals surface area contributed by atoms with E-state index in [1.807, 2.05) is 77.7 Å². The number of nitro groups is 1. The van der Waals surface area contributed by atoms with Crippen molar-refractivity contribution in [3.8, 4) is 29.1 Å². The zero-order chi connectivity index (χ0) is 53.6. The number of hydrogen-bond donors (Lipinski definition) is 2. The molecule has 77 heavy (non-hydrogen) atoms. The number of esters is 1. The van der Waals surface area contributed by atoms with Crippen LogP contribution in [0, 0.1) is 27.9 Å². The number of aliphatic hydroxyl groups is 1. The van der Waals surface area contributed by atoms with E-state index >= 15 is 19.2 Å². The molecular weight excluding hydrogens is 981 g/mol. The van der Waals surface area contributed by atoms with E-state index in [1.165, 1.54) is 43.5 Å². The Balaban J connectivity index is 1.16. The molecule has 392 valence electrons. The van der Waals surface area contributed by atoms with Gasteiger partial charge < -0.3 is 34.1 Å². The molecule has 0 unspecified atom stereocenters. The number of non-ortho nitro benzene ring substituents is 1. The van der Waals surface area contributed by atoms with Crippen LogP contribution in [-0.4, -0.2) is 81.2 Å². The van der Waals surface area contributed by atoms with Gasteiger partial charge in [0, 0.05) is 30.8 Å². The maximum absolute atomic E-state index is 16.9. The molecule has 1 spiro atoms. The molecule has 0 aromatic heterocycles. The third-order valence-corrected chi connectivity index (χ3v) is 16.0. The van der Waals surface area contributed by atoms with Gasteiger partial charge >= 0.3 is 12.1 Å². The summed E-state index contributed by atoms with van der Waals surface area (Å²) in [4.78, 5) is 79.7. The maximum atomic E-state index is 16.9. The molecular formula is C61H56N4O12. The Morgan fingerprint density at radius 2 is 1.43 bits per heavy atom. The zero-order valence-electron chi connectivity index (χ0n) is 42.5. The van der Waals surface area contributed by atoms with Gasteiger partial charge in [-0.3, -0.25) is 29.4 Å². The monoisotopic (exact) mass is 1040 g/mol. The molecule has 4 heterocycles. The van der Waals surface area contributed by atoms with Crippen LogP contribution in [0.15, 0.2) is 140 Å². The number of benzene rings is 6. The van der Waals surface area contributed by atoms with Gasteiger partial charge in [-0.25, -0.2) is 9.69 Å². The molecule has 0 radical (unpaired) electrons. The number of phenolic OH excluding ortho intramolecular Hbond substituents is 1. The largest absolute Gasteiger partial charge is 0.508 e. The maximum Gasteiger partial charge on any atom is 0.421 e. The van der Waals surface area contributed by atoms with Gasteiger partial charge in [-0.05, 0) is 126 Å². The lowest BCUT2D eigenvalue weighted by molar-refractivity contribution is -0.384. The molecule has 5 aliphatic rings. The lowest BCUT2D eigenvalue weighted by atomic mass is 9.64. The van der Waals surface area contributed by atoms with E-state index in [9.17, 15) is 20.3 Å². The topological polar surface area (TPSA) is 199 Å². The summed E-state index contributed by atoms with van der Waals surface area (Å²) in [7, 11) is 3.08. The zero-order valence-corrected chi connectivity index (χ0v) is 42.5. The standard InChI is InChI=1S/C61H56N4O12/c1-74-49-34-43-28-32-62(36-44(43)35-50(49)75-2)56(67)51-53-57(68)77-54(41-15-9-6-10-16-41)52(40-13-7-5-8-14-40)64(53)55(42-20-24-46(66)25-21-42)61(51)47-33-38(27-31-60(71)29-11-3-4-12-30-60)19-26-48(47)63(58(61)69)59(70)76-37-39-17-22-45(23-18-39)65(72)73/h5-10,13-26,33-35,51-55,66,71H,3-4,11-12,28-30,32,36-37H2,1-2H3/t51-,52-,53-,54+,55+,61-/m0/s1. The molecule has 16 heteroatoms. The summed E-state index contributed by atoms with van der Waals surface area (Å²) in [5.74, 6) is 3.48. The summed E-state index contributed by atoms with van der Waals surface area (Å²) in [6.07, 6.45) is 2.78. The highest BCUT2D eigenvalue weighted by Crippen LogP contribution is 2.66. The van der Waals surface area contributed by atoms with E-state index in [-0.39, 0.29) is 42.4 Å². The van der Waals surface area contributed by atoms with Crippen molar-refractivity contribution in [1.29, 1.82) is 0 Å². The van der Waals surface area contributed by atoms with Crippen molar-refractivity contribution in [3.05, 3.63) is 194 Å². The Morgan fingerprint density at radius 1 is 0.779 bits per heavy atom. The molecule has 6 aromatic carbocycles. The first kappa shape index (κ1) is 50.6. The number of methoxy groups -OCH3 is 2. The van der Waals surface area contributed by atoms with Crippen LogP contribution in [-0.2, 0) is 48.8 Å². The first-order chi connectivity index (χ1) is 37.3. The fraction of sp³-hybridized carbons (Fsp3) is 0.311. The number of nitrogens with zero attached hydrogens (tertiary/aromatic N) is 4. The molecule has 2 saturated heterocycles. The normalized spacial score (nSPS) is 23.3. The van der Waals surface area contributed by atoms with E-state index in [0.29, 0.717) is 58.6 Å². The number of nitro benzene ring substituents is 1. The highest BCUT2D eigenvalue weighted by molar-refractivity contribution is 6.23. The molecule has 4 aliphatic heterocycles. The number of hydrogen-bond acceptors (Lipinski definition) is 13. The average molecular weight is 1040 g/mol. The van der Waals surface area contributed by atoms with Gasteiger partial charge in [0.05, 0.1) is 42.8 Å². The van der Waals surface area contributed by atoms with Crippen molar-refractivity contribution in [2.24, 2.45) is 5.92 Å². The Hall–Kier alpha value is -8.52. The molecule has 6 aromatic rings. The van der Waals surface area contributed by atoms with E-state index < -0.39 is 70.0 Å². The minimum absolute atomic E-state index is 0.0631. The number of ether oxygens (including phenoxy) is 4. The second kappa shape index (κ2) is 20.5. The van der Waals surface area contributed by atoms with Crippen molar-refractivity contribution in [1.82, 2.24) is 9.80 Å². The first-order valence-corrected chi connectivity index (χ1v) is 25.9. The number of phenols is 1. The number of cyclic esters (lactones) is 1. The minimum atomic E-state index is -2.16. The molecule has 6 atom stereocenters. The molecule has 11 rings (SSSR count). The van der Waals surface area contributed by atoms with Crippen LogP contribution in [0.3, 0.4) is 0 Å². The molecule has 1 saturated carbocycles. The summed E-state index contributed by atoms with van der Waals surface area (Å²) < 4.78 is 24.0. The summed E-state index contributed by atoms with van der Waals surface area (Å²) in [5, 5.41) is 34.2. The quantitative estimate of drug-likeness (QED) is 0.0457. The van der Waals surface area contributed by atoms with Crippen LogP contribution in [0.1, 0.15) is 101 Å². The van der Waals surface area contributed by atoms with Gasteiger partial charge in [-0.15, -0.1) is 0 Å².